The molecule has 0 aliphatic heterocycles. The van der Waals surface area contributed by atoms with Gasteiger partial charge in [-0.05, 0) is 19.1 Å². The summed E-state index contributed by atoms with van der Waals surface area (Å²) in [7, 11) is 1.30. The molecule has 0 unspecified atom stereocenters. The van der Waals surface area contributed by atoms with Crippen LogP contribution in [0.1, 0.15) is 21.5 Å². The molecule has 0 saturated heterocycles. The number of carbonyl (C=O) groups is 1. The van der Waals surface area contributed by atoms with Crippen molar-refractivity contribution >= 4 is 17.4 Å². The molecule has 3 rings (SSSR count). The van der Waals surface area contributed by atoms with Crippen molar-refractivity contribution in [2.75, 3.05) is 0 Å². The van der Waals surface area contributed by atoms with E-state index in [9.17, 15) is 20.0 Å². The Morgan fingerprint density at radius 3 is 2.71 bits per heavy atom. The minimum absolute atomic E-state index is 0.0163. The van der Waals surface area contributed by atoms with Crippen LogP contribution in [0, 0.1) is 18.3 Å². The molecule has 0 saturated carbocycles. The Balaban J connectivity index is 2.21. The zero-order valence-corrected chi connectivity index (χ0v) is 14.9. The van der Waals surface area contributed by atoms with E-state index in [1.54, 1.807) is 24.3 Å². The number of aromatic nitrogens is 4. The average molecular weight is 378 g/mol. The first-order chi connectivity index (χ1) is 13.4. The van der Waals surface area contributed by atoms with Crippen molar-refractivity contribution in [2.24, 2.45) is 23.0 Å². The molecule has 140 valence electrons. The Morgan fingerprint density at radius 2 is 2.11 bits per heavy atom. The van der Waals surface area contributed by atoms with Gasteiger partial charge in [0.2, 0.25) is 5.88 Å². The smallest absolute Gasteiger partial charge is 0.271 e. The van der Waals surface area contributed by atoms with Crippen LogP contribution in [0.3, 0.4) is 0 Å². The fourth-order valence-electron chi connectivity index (χ4n) is 2.48. The monoisotopic (exact) mass is 378 g/mol. The van der Waals surface area contributed by atoms with E-state index in [1.165, 1.54) is 31.0 Å². The highest BCUT2D eigenvalue weighted by Crippen LogP contribution is 2.32. The first kappa shape index (κ1) is 18.5. The van der Waals surface area contributed by atoms with Crippen molar-refractivity contribution in [3.8, 4) is 17.8 Å². The second-order valence-electron chi connectivity index (χ2n) is 5.69. The minimum Gasteiger partial charge on any atom is -0.493 e. The van der Waals surface area contributed by atoms with Crippen LogP contribution in [-0.2, 0) is 7.05 Å². The number of hydrogen-bond donors (Lipinski definition) is 2. The maximum absolute atomic E-state index is 12.0. The second-order valence-corrected chi connectivity index (χ2v) is 5.69. The van der Waals surface area contributed by atoms with Gasteiger partial charge in [0.1, 0.15) is 17.2 Å². The van der Waals surface area contributed by atoms with Crippen LogP contribution in [0.15, 0.2) is 45.6 Å². The van der Waals surface area contributed by atoms with Gasteiger partial charge in [0, 0.05) is 18.8 Å². The zero-order valence-electron chi connectivity index (χ0n) is 14.9. The maximum Gasteiger partial charge on any atom is 0.271 e. The third-order valence-corrected chi connectivity index (χ3v) is 4.01. The Morgan fingerprint density at radius 1 is 1.36 bits per heavy atom. The molecule has 0 aliphatic rings. The molecule has 3 heterocycles. The van der Waals surface area contributed by atoms with Gasteiger partial charge in [0.05, 0.1) is 6.20 Å². The number of rotatable bonds is 4. The number of azo groups is 1. The third kappa shape index (κ3) is 2.99. The second kappa shape index (κ2) is 7.12. The Bertz CT molecular complexity index is 1200. The first-order valence-corrected chi connectivity index (χ1v) is 7.90. The molecule has 11 heteroatoms. The number of hydrogen-bond acceptors (Lipinski definition) is 8. The highest BCUT2D eigenvalue weighted by Gasteiger charge is 2.20. The molecule has 0 aromatic carbocycles. The Hall–Kier alpha value is -4.33. The first-order valence-electron chi connectivity index (χ1n) is 7.90. The van der Waals surface area contributed by atoms with E-state index in [-0.39, 0.29) is 28.2 Å². The van der Waals surface area contributed by atoms with Crippen molar-refractivity contribution in [3.05, 3.63) is 57.6 Å². The van der Waals surface area contributed by atoms with E-state index < -0.39 is 17.3 Å². The molecule has 0 atom stereocenters. The van der Waals surface area contributed by atoms with E-state index >= 15 is 0 Å². The fraction of sp³-hybridized carbons (Fsp3) is 0.118. The summed E-state index contributed by atoms with van der Waals surface area (Å²) in [6.07, 6.45) is 2.75. The topological polar surface area (TPSA) is 165 Å². The van der Waals surface area contributed by atoms with Gasteiger partial charge in [0.15, 0.2) is 17.3 Å². The SMILES string of the molecule is Cc1c(/N=N/c2c(C(N)=O)cnn2-c2ccccn2)c(O)n(C)c(=O)c1C#N. The van der Waals surface area contributed by atoms with E-state index in [1.807, 2.05) is 0 Å². The molecule has 0 spiro atoms. The van der Waals surface area contributed by atoms with E-state index in [0.717, 1.165) is 4.57 Å². The van der Waals surface area contributed by atoms with Gasteiger partial charge in [-0.25, -0.2) is 4.98 Å². The number of nitrogens with two attached hydrogens (primary N) is 1. The number of aromatic hydroxyl groups is 1. The van der Waals surface area contributed by atoms with Gasteiger partial charge in [-0.2, -0.15) is 15.0 Å². The average Bonchev–Trinajstić information content (AvgIpc) is 3.11. The summed E-state index contributed by atoms with van der Waals surface area (Å²) in [5.74, 6) is -0.912. The largest absolute Gasteiger partial charge is 0.493 e. The van der Waals surface area contributed by atoms with Gasteiger partial charge < -0.3 is 10.8 Å². The van der Waals surface area contributed by atoms with Crippen LogP contribution in [-0.4, -0.2) is 30.3 Å². The summed E-state index contributed by atoms with van der Waals surface area (Å²) in [4.78, 5) is 27.9. The summed E-state index contributed by atoms with van der Waals surface area (Å²) in [5, 5.41) is 31.5. The number of primary amides is 1. The van der Waals surface area contributed by atoms with Crippen LogP contribution in [0.4, 0.5) is 11.5 Å². The zero-order chi connectivity index (χ0) is 20.4. The molecule has 3 aromatic heterocycles. The summed E-state index contributed by atoms with van der Waals surface area (Å²) >= 11 is 0. The van der Waals surface area contributed by atoms with Gasteiger partial charge in [-0.3, -0.25) is 14.2 Å². The van der Waals surface area contributed by atoms with Crippen LogP contribution >= 0.6 is 0 Å². The lowest BCUT2D eigenvalue weighted by Crippen LogP contribution is -2.20. The van der Waals surface area contributed by atoms with Crippen molar-refractivity contribution in [1.29, 1.82) is 5.26 Å². The molecule has 3 N–H and O–H groups in total. The number of nitriles is 1. The molecular weight excluding hydrogens is 364 g/mol. The standard InChI is InChI=1S/C17H14N8O3/c1-9-10(7-18)16(27)24(2)17(28)13(9)22-23-15-11(14(19)26)8-21-25(15)12-5-3-4-6-20-12/h3-6,8,28H,1-2H3,(H2,19,26)/b23-22+. The highest BCUT2D eigenvalue weighted by atomic mass is 16.3. The number of amides is 1. The Kier molecular flexibility index (Phi) is 4.69. The number of carbonyl (C=O) groups excluding carboxylic acids is 1. The van der Waals surface area contributed by atoms with Gasteiger partial charge in [0.25, 0.3) is 11.5 Å². The number of pyridine rings is 2. The summed E-state index contributed by atoms with van der Waals surface area (Å²) in [6.45, 7) is 1.46. The van der Waals surface area contributed by atoms with Crippen molar-refractivity contribution in [1.82, 2.24) is 19.3 Å². The quantitative estimate of drug-likeness (QED) is 0.651. The predicted molar refractivity (Wildman–Crippen MR) is 96.9 cm³/mol. The lowest BCUT2D eigenvalue weighted by molar-refractivity contribution is 0.100. The predicted octanol–water partition coefficient (Wildman–Crippen LogP) is 1.37. The molecule has 11 nitrogen and oxygen atoms in total. The molecule has 0 bridgehead atoms. The normalized spacial score (nSPS) is 10.9. The van der Waals surface area contributed by atoms with Gasteiger partial charge in [-0.15, -0.1) is 10.2 Å². The molecular formula is C17H14N8O3. The molecule has 1 amide bonds. The lowest BCUT2D eigenvalue weighted by Gasteiger charge is -2.09. The van der Waals surface area contributed by atoms with Crippen LogP contribution in [0.25, 0.3) is 5.82 Å². The summed E-state index contributed by atoms with van der Waals surface area (Å²) < 4.78 is 2.13. The van der Waals surface area contributed by atoms with Crippen LogP contribution in [0.2, 0.25) is 0 Å². The molecule has 3 aromatic rings. The fourth-order valence-corrected chi connectivity index (χ4v) is 2.48. The summed E-state index contributed by atoms with van der Waals surface area (Å²) in [6, 6.07) is 6.85. The molecule has 28 heavy (non-hydrogen) atoms. The van der Waals surface area contributed by atoms with E-state index in [4.69, 9.17) is 5.73 Å². The molecule has 0 fully saturated rings. The molecule has 0 aliphatic carbocycles. The summed E-state index contributed by atoms with van der Waals surface area (Å²) in [5.41, 5.74) is 4.57. The molecule has 0 radical (unpaired) electrons. The Labute approximate surface area is 158 Å². The van der Waals surface area contributed by atoms with Crippen LogP contribution in [0.5, 0.6) is 5.88 Å². The van der Waals surface area contributed by atoms with E-state index in [0.29, 0.717) is 5.82 Å². The van der Waals surface area contributed by atoms with Crippen LogP contribution < -0.4 is 11.3 Å². The van der Waals surface area contributed by atoms with Gasteiger partial charge >= 0.3 is 0 Å². The lowest BCUT2D eigenvalue weighted by atomic mass is 10.1. The maximum atomic E-state index is 12.0. The van der Waals surface area contributed by atoms with Crippen molar-refractivity contribution in [3.63, 3.8) is 0 Å². The minimum atomic E-state index is -0.782. The van der Waals surface area contributed by atoms with Gasteiger partial charge in [-0.1, -0.05) is 6.07 Å². The highest BCUT2D eigenvalue weighted by molar-refractivity contribution is 5.97. The van der Waals surface area contributed by atoms with Crippen molar-refractivity contribution < 1.29 is 9.90 Å². The van der Waals surface area contributed by atoms with E-state index in [2.05, 4.69) is 20.3 Å². The number of nitrogens with zero attached hydrogens (tertiary/aromatic N) is 7. The van der Waals surface area contributed by atoms with Crippen molar-refractivity contribution in [2.45, 2.75) is 6.92 Å². The third-order valence-electron chi connectivity index (χ3n) is 4.01.